The smallest absolute Gasteiger partial charge is 0.186 e. The van der Waals surface area contributed by atoms with E-state index in [1.807, 2.05) is 0 Å². The van der Waals surface area contributed by atoms with E-state index in [-0.39, 0.29) is 46.0 Å². The molecule has 46 heavy (non-hydrogen) atoms. The van der Waals surface area contributed by atoms with Gasteiger partial charge in [0, 0.05) is 0 Å². The quantitative estimate of drug-likeness (QED) is 0.219. The maximum Gasteiger partial charge on any atom is 0.186 e. The number of rotatable bonds is 5. The molecule has 0 aromatic rings. The summed E-state index contributed by atoms with van der Waals surface area (Å²) < 4.78 is 19.4. The zero-order valence-corrected chi connectivity index (χ0v) is 29.2. The van der Waals surface area contributed by atoms with Gasteiger partial charge < -0.3 is 50.0 Å². The van der Waals surface area contributed by atoms with E-state index in [1.54, 1.807) is 13.8 Å². The number of aliphatic hydroxyl groups excluding tert-OH is 6. The van der Waals surface area contributed by atoms with E-state index in [0.717, 1.165) is 32.1 Å². The van der Waals surface area contributed by atoms with Crippen LogP contribution in [0.1, 0.15) is 107 Å². The minimum Gasteiger partial charge on any atom is -0.394 e. The molecular weight excluding hydrogens is 592 g/mol. The Kier molecular flexibility index (Phi) is 8.71. The van der Waals surface area contributed by atoms with Crippen LogP contribution in [0.25, 0.3) is 0 Å². The van der Waals surface area contributed by atoms with Crippen LogP contribution in [0.5, 0.6) is 0 Å². The van der Waals surface area contributed by atoms with Crippen molar-refractivity contribution in [2.45, 2.75) is 173 Å². The minimum atomic E-state index is -1.54. The molecule has 0 radical (unpaired) electrons. The molecule has 2 saturated heterocycles. The van der Waals surface area contributed by atoms with Gasteiger partial charge in [-0.2, -0.15) is 0 Å². The van der Waals surface area contributed by atoms with Crippen LogP contribution >= 0.6 is 0 Å². The lowest BCUT2D eigenvalue weighted by atomic mass is 9.34. The van der Waals surface area contributed by atoms with Crippen LogP contribution in [0.4, 0.5) is 0 Å². The van der Waals surface area contributed by atoms with Gasteiger partial charge >= 0.3 is 0 Å². The van der Waals surface area contributed by atoms with E-state index in [9.17, 15) is 35.7 Å². The Morgan fingerprint density at radius 1 is 0.826 bits per heavy atom. The van der Waals surface area contributed by atoms with Crippen molar-refractivity contribution in [2.24, 2.45) is 45.3 Å². The van der Waals surface area contributed by atoms with Gasteiger partial charge in [0.15, 0.2) is 6.29 Å². The van der Waals surface area contributed by atoms with Gasteiger partial charge in [-0.3, -0.25) is 0 Å². The molecule has 2 heterocycles. The van der Waals surface area contributed by atoms with Crippen molar-refractivity contribution < 1.29 is 50.0 Å². The summed E-state index contributed by atoms with van der Waals surface area (Å²) in [4.78, 5) is 0. The van der Waals surface area contributed by atoms with Crippen LogP contribution in [0, 0.1) is 45.3 Å². The van der Waals surface area contributed by atoms with Gasteiger partial charge in [-0.15, -0.1) is 0 Å². The molecule has 0 aromatic heterocycles. The summed E-state index contributed by atoms with van der Waals surface area (Å²) in [6.07, 6.45) is -2.57. The van der Waals surface area contributed by atoms with Gasteiger partial charge in [-0.05, 0) is 117 Å². The average molecular weight is 655 g/mol. The van der Waals surface area contributed by atoms with E-state index in [1.165, 1.54) is 0 Å². The molecule has 0 aromatic carbocycles. The van der Waals surface area contributed by atoms with E-state index >= 15 is 0 Å². The van der Waals surface area contributed by atoms with E-state index < -0.39 is 72.2 Å². The highest BCUT2D eigenvalue weighted by Crippen LogP contribution is 2.76. The molecule has 4 aliphatic carbocycles. The zero-order chi connectivity index (χ0) is 34.0. The molecule has 6 fully saturated rings. The van der Waals surface area contributed by atoms with Crippen LogP contribution in [0.2, 0.25) is 0 Å². The molecule has 17 atom stereocenters. The summed E-state index contributed by atoms with van der Waals surface area (Å²) in [5, 5.41) is 76.4. The van der Waals surface area contributed by atoms with Crippen molar-refractivity contribution in [3.63, 3.8) is 0 Å². The Hall–Kier alpha value is -0.400. The molecule has 0 bridgehead atoms. The molecule has 0 amide bonds. The second-order valence-corrected chi connectivity index (χ2v) is 18.4. The van der Waals surface area contributed by atoms with Gasteiger partial charge in [-0.25, -0.2) is 0 Å². The van der Waals surface area contributed by atoms with Crippen molar-refractivity contribution >= 4 is 0 Å². The first-order chi connectivity index (χ1) is 21.2. The third-order valence-corrected chi connectivity index (χ3v) is 15.3. The summed E-state index contributed by atoms with van der Waals surface area (Å²) in [6.45, 7) is 16.4. The van der Waals surface area contributed by atoms with E-state index in [2.05, 4.69) is 41.5 Å². The molecule has 10 nitrogen and oxygen atoms in total. The molecule has 4 saturated carbocycles. The number of ether oxygens (including phenoxy) is 3. The van der Waals surface area contributed by atoms with Crippen molar-refractivity contribution in [3.05, 3.63) is 0 Å². The standard InChI is InChI=1S/C36H62O10/c1-31(2)23(39)10-12-33(5)22-15-19(38)25-18(36(8)14-11-24(46-36)32(3,4)43)9-13-34(25,6)35(22,7)16-20(29(31)33)44-30-28(42)27(41)26(40)21(17-37)45-30/h18-30,37-43H,9-17H2,1-8H3/t18-,19+,20-,21+,22-,23-,24+,25+,26+,27-,28+,29-,30-,33+,34+,35+,36-/m0/s1. The number of hydrogen-bond donors (Lipinski definition) is 7. The van der Waals surface area contributed by atoms with E-state index in [4.69, 9.17) is 14.2 Å². The van der Waals surface area contributed by atoms with Gasteiger partial charge in [0.1, 0.15) is 24.4 Å². The van der Waals surface area contributed by atoms with Crippen LogP contribution in [0.15, 0.2) is 0 Å². The van der Waals surface area contributed by atoms with Crippen molar-refractivity contribution in [1.82, 2.24) is 0 Å². The average Bonchev–Trinajstić information content (AvgIpc) is 3.55. The topological polar surface area (TPSA) is 169 Å². The summed E-state index contributed by atoms with van der Waals surface area (Å²) in [5.41, 5.74) is -2.83. The molecule has 0 spiro atoms. The Morgan fingerprint density at radius 2 is 1.50 bits per heavy atom. The molecule has 266 valence electrons. The predicted octanol–water partition coefficient (Wildman–Crippen LogP) is 2.51. The lowest BCUT2D eigenvalue weighted by Crippen LogP contribution is -2.71. The van der Waals surface area contributed by atoms with Crippen molar-refractivity contribution in [3.8, 4) is 0 Å². The molecule has 10 heteroatoms. The molecule has 0 unspecified atom stereocenters. The summed E-state index contributed by atoms with van der Waals surface area (Å²) in [5.74, 6) is 0.0944. The van der Waals surface area contributed by atoms with Gasteiger partial charge in [0.25, 0.3) is 0 Å². The lowest BCUT2D eigenvalue weighted by molar-refractivity contribution is -0.347. The van der Waals surface area contributed by atoms with E-state index in [0.29, 0.717) is 19.3 Å². The lowest BCUT2D eigenvalue weighted by Gasteiger charge is -2.72. The Bertz CT molecular complexity index is 1140. The minimum absolute atomic E-state index is 0.0189. The van der Waals surface area contributed by atoms with Crippen LogP contribution < -0.4 is 0 Å². The normalized spacial score (nSPS) is 57.1. The van der Waals surface area contributed by atoms with Crippen LogP contribution in [-0.2, 0) is 14.2 Å². The van der Waals surface area contributed by atoms with Gasteiger partial charge in [-0.1, -0.05) is 34.6 Å². The fourth-order valence-electron chi connectivity index (χ4n) is 12.7. The summed E-state index contributed by atoms with van der Waals surface area (Å²) in [6, 6.07) is 0. The number of fused-ring (bicyclic) bond motifs is 5. The van der Waals surface area contributed by atoms with Crippen LogP contribution in [-0.4, -0.2) is 109 Å². The predicted molar refractivity (Wildman–Crippen MR) is 169 cm³/mol. The highest BCUT2D eigenvalue weighted by atomic mass is 16.7. The first kappa shape index (κ1) is 35.4. The fourth-order valence-corrected chi connectivity index (χ4v) is 12.7. The molecule has 2 aliphatic heterocycles. The molecular formula is C36H62O10. The summed E-state index contributed by atoms with van der Waals surface area (Å²) in [7, 11) is 0. The largest absolute Gasteiger partial charge is 0.394 e. The fraction of sp³-hybridized carbons (Fsp3) is 1.00. The van der Waals surface area contributed by atoms with Crippen molar-refractivity contribution in [2.75, 3.05) is 6.61 Å². The first-order valence-corrected chi connectivity index (χ1v) is 17.9. The van der Waals surface area contributed by atoms with Crippen molar-refractivity contribution in [1.29, 1.82) is 0 Å². The third kappa shape index (κ3) is 4.94. The van der Waals surface area contributed by atoms with Gasteiger partial charge in [0.2, 0.25) is 0 Å². The Balaban J connectivity index is 1.38. The highest BCUT2D eigenvalue weighted by Gasteiger charge is 2.74. The zero-order valence-electron chi connectivity index (χ0n) is 29.2. The third-order valence-electron chi connectivity index (χ3n) is 15.3. The Labute approximate surface area is 274 Å². The number of hydrogen-bond acceptors (Lipinski definition) is 10. The molecule has 6 rings (SSSR count). The number of aliphatic hydroxyl groups is 7. The Morgan fingerprint density at radius 3 is 2.11 bits per heavy atom. The van der Waals surface area contributed by atoms with Crippen LogP contribution in [0.3, 0.4) is 0 Å². The SMILES string of the molecule is CC(C)(O)[C@H]1CC[C@@](C)([C@H]2CC[C@]3(C)[C@H]2[C@H](O)C[C@H]2[C@@]4(C)CC[C@H](O)C(C)(C)[C@@H]4[C@@H](O[C@H]4O[C@H](CO)[C@@H](O)[C@H](O)[C@H]4O)C[C@]23C)O1. The maximum atomic E-state index is 12.2. The maximum absolute atomic E-state index is 12.2. The molecule has 6 aliphatic rings. The molecule has 7 N–H and O–H groups in total. The van der Waals surface area contributed by atoms with Gasteiger partial charge in [0.05, 0.1) is 42.2 Å². The second kappa shape index (κ2) is 11.3. The monoisotopic (exact) mass is 654 g/mol. The first-order valence-electron chi connectivity index (χ1n) is 17.9. The second-order valence-electron chi connectivity index (χ2n) is 18.4. The summed E-state index contributed by atoms with van der Waals surface area (Å²) >= 11 is 0. The highest BCUT2D eigenvalue weighted by molar-refractivity contribution is 5.22.